The van der Waals surface area contributed by atoms with E-state index < -0.39 is 10.0 Å². The van der Waals surface area contributed by atoms with Crippen LogP contribution in [0.5, 0.6) is 0 Å². The Morgan fingerprint density at radius 2 is 2.00 bits per heavy atom. The maximum Gasteiger partial charge on any atom is 0.215 e. The Morgan fingerprint density at radius 3 is 2.78 bits per heavy atom. The molecule has 1 aromatic carbocycles. The Bertz CT molecular complexity index is 1170. The van der Waals surface area contributed by atoms with E-state index in [1.54, 1.807) is 40.1 Å². The standard InChI is InChI=1S/C17H15ClN4O2S3/c18-14-5-2-1-4-12(14)11-27(23,24)19-8-7-13-10-26-17-20-16(21-22(13)17)15-6-3-9-25-15/h1-6,9-10,19H,7-8,11H2. The van der Waals surface area contributed by atoms with E-state index in [0.717, 1.165) is 15.5 Å². The van der Waals surface area contributed by atoms with Crippen LogP contribution in [0.25, 0.3) is 15.7 Å². The molecule has 0 atom stereocenters. The summed E-state index contributed by atoms with van der Waals surface area (Å²) in [5.74, 6) is 0.551. The third kappa shape index (κ3) is 4.22. The van der Waals surface area contributed by atoms with Crippen LogP contribution in [0, 0.1) is 0 Å². The minimum atomic E-state index is -3.47. The molecule has 0 bridgehead atoms. The molecule has 0 spiro atoms. The van der Waals surface area contributed by atoms with E-state index in [9.17, 15) is 8.42 Å². The molecular weight excluding hydrogens is 424 g/mol. The van der Waals surface area contributed by atoms with Crippen molar-refractivity contribution in [2.24, 2.45) is 0 Å². The molecule has 0 aliphatic carbocycles. The third-order valence-electron chi connectivity index (χ3n) is 3.90. The fourth-order valence-electron chi connectivity index (χ4n) is 2.61. The fourth-order valence-corrected chi connectivity index (χ4v) is 5.58. The van der Waals surface area contributed by atoms with Crippen molar-refractivity contribution in [1.82, 2.24) is 19.3 Å². The number of fused-ring (bicyclic) bond motifs is 1. The van der Waals surface area contributed by atoms with E-state index in [4.69, 9.17) is 11.6 Å². The summed E-state index contributed by atoms with van der Waals surface area (Å²) < 4.78 is 29.0. The van der Waals surface area contributed by atoms with Crippen LogP contribution in [0.2, 0.25) is 5.02 Å². The quantitative estimate of drug-likeness (QED) is 0.475. The van der Waals surface area contributed by atoms with Gasteiger partial charge in [-0.1, -0.05) is 35.9 Å². The topological polar surface area (TPSA) is 76.4 Å². The highest BCUT2D eigenvalue weighted by atomic mass is 35.5. The molecule has 0 fully saturated rings. The molecule has 4 rings (SSSR count). The van der Waals surface area contributed by atoms with Crippen molar-refractivity contribution in [2.75, 3.05) is 6.54 Å². The first-order valence-electron chi connectivity index (χ1n) is 8.09. The average molecular weight is 439 g/mol. The predicted molar refractivity (Wildman–Crippen MR) is 110 cm³/mol. The van der Waals surface area contributed by atoms with Crippen molar-refractivity contribution in [2.45, 2.75) is 12.2 Å². The van der Waals surface area contributed by atoms with Crippen molar-refractivity contribution in [3.63, 3.8) is 0 Å². The number of aromatic nitrogens is 3. The average Bonchev–Trinajstić information content (AvgIpc) is 3.34. The molecule has 140 valence electrons. The second-order valence-corrected chi connectivity index (χ2v) is 9.83. The number of hydrogen-bond donors (Lipinski definition) is 1. The first-order chi connectivity index (χ1) is 13.0. The highest BCUT2D eigenvalue weighted by Crippen LogP contribution is 2.24. The van der Waals surface area contributed by atoms with Gasteiger partial charge >= 0.3 is 0 Å². The number of thiazole rings is 1. The van der Waals surface area contributed by atoms with Gasteiger partial charge in [-0.25, -0.2) is 17.7 Å². The number of nitrogens with zero attached hydrogens (tertiary/aromatic N) is 3. The number of sulfonamides is 1. The van der Waals surface area contributed by atoms with Gasteiger partial charge in [0.1, 0.15) is 0 Å². The number of nitrogens with one attached hydrogen (secondary N) is 1. The Hall–Kier alpha value is -1.78. The van der Waals surface area contributed by atoms with E-state index in [-0.39, 0.29) is 12.3 Å². The number of thiophene rings is 1. The molecule has 0 amide bonds. The zero-order valence-corrected chi connectivity index (χ0v) is 17.2. The molecule has 0 aliphatic heterocycles. The van der Waals surface area contributed by atoms with Crippen molar-refractivity contribution in [3.8, 4) is 10.7 Å². The van der Waals surface area contributed by atoms with E-state index >= 15 is 0 Å². The molecule has 0 radical (unpaired) electrons. The summed E-state index contributed by atoms with van der Waals surface area (Å²) in [4.78, 5) is 6.34. The zero-order chi connectivity index (χ0) is 18.9. The lowest BCUT2D eigenvalue weighted by atomic mass is 10.2. The van der Waals surface area contributed by atoms with Gasteiger partial charge in [-0.3, -0.25) is 0 Å². The van der Waals surface area contributed by atoms with Crippen LogP contribution in [0.15, 0.2) is 47.2 Å². The molecule has 0 saturated carbocycles. The normalized spacial score (nSPS) is 12.0. The smallest absolute Gasteiger partial charge is 0.215 e. The maximum absolute atomic E-state index is 12.3. The van der Waals surface area contributed by atoms with Gasteiger partial charge in [-0.05, 0) is 23.1 Å². The summed E-state index contributed by atoms with van der Waals surface area (Å²) in [7, 11) is -3.47. The van der Waals surface area contributed by atoms with Gasteiger partial charge in [-0.2, -0.15) is 4.98 Å². The molecule has 0 aliphatic rings. The first-order valence-corrected chi connectivity index (χ1v) is 11.9. The van der Waals surface area contributed by atoms with Crippen LogP contribution in [0.1, 0.15) is 11.3 Å². The van der Waals surface area contributed by atoms with Crippen molar-refractivity contribution < 1.29 is 8.42 Å². The van der Waals surface area contributed by atoms with Crippen molar-refractivity contribution in [3.05, 3.63) is 63.4 Å². The summed E-state index contributed by atoms with van der Waals surface area (Å²) in [6.45, 7) is 0.285. The lowest BCUT2D eigenvalue weighted by Crippen LogP contribution is -2.27. The van der Waals surface area contributed by atoms with Crippen LogP contribution in [-0.4, -0.2) is 29.6 Å². The van der Waals surface area contributed by atoms with Gasteiger partial charge < -0.3 is 0 Å². The van der Waals surface area contributed by atoms with Crippen molar-refractivity contribution >= 4 is 49.3 Å². The summed E-state index contributed by atoms with van der Waals surface area (Å²) in [5, 5.41) is 8.93. The SMILES string of the molecule is O=S(=O)(Cc1ccccc1Cl)NCCc1csc2nc(-c3cccs3)nn12. The lowest BCUT2D eigenvalue weighted by Gasteiger charge is -2.07. The highest BCUT2D eigenvalue weighted by Gasteiger charge is 2.15. The minimum absolute atomic E-state index is 0.141. The van der Waals surface area contributed by atoms with E-state index in [1.807, 2.05) is 22.9 Å². The summed E-state index contributed by atoms with van der Waals surface area (Å²) in [6, 6.07) is 10.9. The van der Waals surface area contributed by atoms with E-state index in [0.29, 0.717) is 22.8 Å². The van der Waals surface area contributed by atoms with E-state index in [1.165, 1.54) is 11.3 Å². The molecule has 6 nitrogen and oxygen atoms in total. The molecule has 1 N–H and O–H groups in total. The van der Waals surface area contributed by atoms with Gasteiger partial charge in [0.15, 0.2) is 5.82 Å². The Kier molecular flexibility index (Phi) is 5.29. The molecular formula is C17H15ClN4O2S3. The van der Waals surface area contributed by atoms with Crippen LogP contribution in [0.3, 0.4) is 0 Å². The summed E-state index contributed by atoms with van der Waals surface area (Å²) in [5.41, 5.74) is 1.51. The predicted octanol–water partition coefficient (Wildman–Crippen LogP) is 3.83. The third-order valence-corrected chi connectivity index (χ3v) is 7.33. The van der Waals surface area contributed by atoms with Gasteiger partial charge in [0.25, 0.3) is 0 Å². The fraction of sp³-hybridized carbons (Fsp3) is 0.176. The van der Waals surface area contributed by atoms with Gasteiger partial charge in [0, 0.05) is 23.4 Å². The van der Waals surface area contributed by atoms with E-state index in [2.05, 4.69) is 14.8 Å². The monoisotopic (exact) mass is 438 g/mol. The summed E-state index contributed by atoms with van der Waals surface area (Å²) >= 11 is 9.13. The largest absolute Gasteiger partial charge is 0.215 e. The Balaban J connectivity index is 1.42. The number of rotatable bonds is 7. The molecule has 3 heterocycles. The highest BCUT2D eigenvalue weighted by molar-refractivity contribution is 7.88. The Morgan fingerprint density at radius 1 is 1.15 bits per heavy atom. The number of benzene rings is 1. The van der Waals surface area contributed by atoms with Crippen LogP contribution in [-0.2, 0) is 22.2 Å². The van der Waals surface area contributed by atoms with Gasteiger partial charge in [0.2, 0.25) is 15.0 Å². The first kappa shape index (κ1) is 18.6. The second-order valence-electron chi connectivity index (χ2n) is 5.83. The van der Waals surface area contributed by atoms with Gasteiger partial charge in [0.05, 0.1) is 16.3 Å². The molecule has 4 aromatic rings. The van der Waals surface area contributed by atoms with Crippen LogP contribution < -0.4 is 4.72 Å². The maximum atomic E-state index is 12.3. The molecule has 3 aromatic heterocycles. The molecule has 27 heavy (non-hydrogen) atoms. The minimum Gasteiger partial charge on any atom is -0.215 e. The molecule has 0 unspecified atom stereocenters. The molecule has 0 saturated heterocycles. The lowest BCUT2D eigenvalue weighted by molar-refractivity contribution is 0.580. The van der Waals surface area contributed by atoms with Crippen molar-refractivity contribution in [1.29, 1.82) is 0 Å². The number of hydrogen-bond acceptors (Lipinski definition) is 6. The van der Waals surface area contributed by atoms with Gasteiger partial charge in [-0.15, -0.1) is 27.8 Å². The molecule has 10 heteroatoms. The van der Waals surface area contributed by atoms with Crippen LogP contribution in [0.4, 0.5) is 0 Å². The van der Waals surface area contributed by atoms with Crippen LogP contribution >= 0.6 is 34.3 Å². The number of halogens is 1. The second kappa shape index (κ2) is 7.69. The zero-order valence-electron chi connectivity index (χ0n) is 14.0. The summed E-state index contributed by atoms with van der Waals surface area (Å²) in [6.07, 6.45) is 0.523. The Labute approximate surface area is 169 Å².